The normalized spacial score (nSPS) is 11.9. The van der Waals surface area contributed by atoms with Crippen molar-refractivity contribution in [1.82, 2.24) is 0 Å². The average molecular weight is 408 g/mol. The topological polar surface area (TPSA) is 76.4 Å². The lowest BCUT2D eigenvalue weighted by Crippen LogP contribution is -2.31. The lowest BCUT2D eigenvalue weighted by Gasteiger charge is -2.31. The summed E-state index contributed by atoms with van der Waals surface area (Å²) >= 11 is 0. The maximum Gasteiger partial charge on any atom is 0.310 e. The van der Waals surface area contributed by atoms with Crippen molar-refractivity contribution in [3.05, 3.63) is 53.6 Å². The van der Waals surface area contributed by atoms with Crippen LogP contribution in [0, 0.1) is 23.2 Å². The molecule has 0 fully saturated rings. The fourth-order valence-corrected chi connectivity index (χ4v) is 3.64. The van der Waals surface area contributed by atoms with Gasteiger partial charge in [-0.2, -0.15) is 5.26 Å². The summed E-state index contributed by atoms with van der Waals surface area (Å²) in [7, 11) is 0. The highest BCUT2D eigenvalue weighted by Crippen LogP contribution is 2.34. The van der Waals surface area contributed by atoms with Crippen LogP contribution in [0.25, 0.3) is 0 Å². The molecule has 0 spiro atoms. The van der Waals surface area contributed by atoms with E-state index in [1.54, 1.807) is 12.1 Å². The molecule has 2 rings (SSSR count). The van der Waals surface area contributed by atoms with Crippen LogP contribution in [0.2, 0.25) is 0 Å². The minimum Gasteiger partial charge on any atom is -0.481 e. The van der Waals surface area contributed by atoms with Crippen molar-refractivity contribution >= 4 is 23.0 Å². The van der Waals surface area contributed by atoms with Gasteiger partial charge in [0.1, 0.15) is 0 Å². The molecule has 0 aliphatic carbocycles. The molecule has 0 saturated carbocycles. The summed E-state index contributed by atoms with van der Waals surface area (Å²) < 4.78 is 0. The number of nitriles is 1. The number of rotatable bonds is 10. The first kappa shape index (κ1) is 23.3. The van der Waals surface area contributed by atoms with E-state index in [9.17, 15) is 9.90 Å². The molecule has 1 atom stereocenters. The number of aliphatic carboxylic acids is 1. The van der Waals surface area contributed by atoms with Gasteiger partial charge < -0.3 is 15.3 Å². The lowest BCUT2D eigenvalue weighted by atomic mass is 9.95. The maximum absolute atomic E-state index is 11.7. The zero-order chi connectivity index (χ0) is 22.3. The van der Waals surface area contributed by atoms with Gasteiger partial charge >= 0.3 is 5.97 Å². The van der Waals surface area contributed by atoms with Gasteiger partial charge in [0.25, 0.3) is 0 Å². The van der Waals surface area contributed by atoms with Crippen LogP contribution in [-0.4, -0.2) is 24.2 Å². The van der Waals surface area contributed by atoms with E-state index in [1.807, 2.05) is 37.3 Å². The predicted octanol–water partition coefficient (Wildman–Crippen LogP) is 6.00. The third-order valence-electron chi connectivity index (χ3n) is 4.93. The summed E-state index contributed by atoms with van der Waals surface area (Å²) in [6.45, 7) is 12.5. The Morgan fingerprint density at radius 3 is 2.13 bits per heavy atom. The molecule has 0 aliphatic rings. The van der Waals surface area contributed by atoms with Gasteiger partial charge in [0.05, 0.1) is 28.9 Å². The van der Waals surface area contributed by atoms with E-state index in [0.717, 1.165) is 35.7 Å². The highest BCUT2D eigenvalue weighted by Gasteiger charge is 2.21. The van der Waals surface area contributed by atoms with Gasteiger partial charge in [-0.25, -0.2) is 0 Å². The van der Waals surface area contributed by atoms with Crippen molar-refractivity contribution < 1.29 is 9.90 Å². The molecule has 2 aromatic rings. The Bertz CT molecular complexity index is 872. The molecule has 0 saturated heterocycles. The summed E-state index contributed by atoms with van der Waals surface area (Å²) in [6, 6.07) is 15.4. The molecular formula is C25H33N3O2. The summed E-state index contributed by atoms with van der Waals surface area (Å²) in [5.74, 6) is -0.359. The Balaban J connectivity index is 2.52. The number of nitrogens with one attached hydrogen (secondary N) is 1. The van der Waals surface area contributed by atoms with Crippen molar-refractivity contribution in [2.24, 2.45) is 11.8 Å². The number of nitrogens with zero attached hydrogens (tertiary/aromatic N) is 2. The van der Waals surface area contributed by atoms with E-state index in [1.165, 1.54) is 0 Å². The van der Waals surface area contributed by atoms with Crippen molar-refractivity contribution in [3.63, 3.8) is 0 Å². The van der Waals surface area contributed by atoms with E-state index < -0.39 is 11.9 Å². The summed E-state index contributed by atoms with van der Waals surface area (Å²) in [4.78, 5) is 14.1. The number of hydrogen-bond donors (Lipinski definition) is 2. The van der Waals surface area contributed by atoms with E-state index in [0.29, 0.717) is 23.8 Å². The number of benzene rings is 2. The molecule has 0 amide bonds. The first-order valence-corrected chi connectivity index (χ1v) is 10.6. The van der Waals surface area contributed by atoms with Crippen molar-refractivity contribution in [2.75, 3.05) is 23.3 Å². The quantitative estimate of drug-likeness (QED) is 0.505. The molecule has 30 heavy (non-hydrogen) atoms. The van der Waals surface area contributed by atoms with Crippen LogP contribution in [0.4, 0.5) is 17.1 Å². The summed E-state index contributed by atoms with van der Waals surface area (Å²) in [5.41, 5.74) is 4.21. The molecule has 2 aromatic carbocycles. The maximum atomic E-state index is 11.7. The van der Waals surface area contributed by atoms with Crippen molar-refractivity contribution in [1.29, 1.82) is 5.26 Å². The van der Waals surface area contributed by atoms with E-state index in [2.05, 4.69) is 44.0 Å². The Morgan fingerprint density at radius 1 is 1.07 bits per heavy atom. The number of carboxylic acid groups (broad SMARTS) is 1. The standard InChI is InChI=1S/C25H33N3O2/c1-6-22(25(29)30)20-9-12-24(28(15-17(2)3)16-18(4)5)23(13-20)27-21-10-7-19(14-26)8-11-21/h7-13,17-18,22,27H,6,15-16H2,1-5H3,(H,29,30). The number of hydrogen-bond acceptors (Lipinski definition) is 4. The average Bonchev–Trinajstić information content (AvgIpc) is 2.68. The fraction of sp³-hybridized carbons (Fsp3) is 0.440. The van der Waals surface area contributed by atoms with E-state index in [-0.39, 0.29) is 0 Å². The summed E-state index contributed by atoms with van der Waals surface area (Å²) in [5, 5.41) is 22.1. The van der Waals surface area contributed by atoms with Gasteiger partial charge in [0.15, 0.2) is 0 Å². The minimum atomic E-state index is -0.809. The Morgan fingerprint density at radius 2 is 1.67 bits per heavy atom. The Labute approximate surface area is 180 Å². The number of carbonyl (C=O) groups is 1. The molecule has 5 nitrogen and oxygen atoms in total. The van der Waals surface area contributed by atoms with Gasteiger partial charge in [0, 0.05) is 18.8 Å². The smallest absolute Gasteiger partial charge is 0.310 e. The predicted molar refractivity (Wildman–Crippen MR) is 123 cm³/mol. The molecule has 0 radical (unpaired) electrons. The number of anilines is 3. The van der Waals surface area contributed by atoms with E-state index >= 15 is 0 Å². The van der Waals surface area contributed by atoms with Crippen molar-refractivity contribution in [3.8, 4) is 6.07 Å². The molecule has 1 unspecified atom stereocenters. The van der Waals surface area contributed by atoms with Crippen LogP contribution in [0.1, 0.15) is 58.1 Å². The minimum absolute atomic E-state index is 0.494. The highest BCUT2D eigenvalue weighted by molar-refractivity contribution is 5.81. The fourth-order valence-electron chi connectivity index (χ4n) is 3.64. The van der Waals surface area contributed by atoms with Crippen LogP contribution < -0.4 is 10.2 Å². The second kappa shape index (κ2) is 10.7. The van der Waals surface area contributed by atoms with E-state index in [4.69, 9.17) is 5.26 Å². The molecule has 0 aromatic heterocycles. The van der Waals surface area contributed by atoms with Crippen LogP contribution in [-0.2, 0) is 4.79 Å². The number of carboxylic acids is 1. The van der Waals surface area contributed by atoms with Crippen molar-refractivity contribution in [2.45, 2.75) is 47.0 Å². The van der Waals surface area contributed by atoms with Gasteiger partial charge in [-0.1, -0.05) is 40.7 Å². The summed E-state index contributed by atoms with van der Waals surface area (Å²) in [6.07, 6.45) is 0.534. The largest absolute Gasteiger partial charge is 0.481 e. The first-order chi connectivity index (χ1) is 14.2. The monoisotopic (exact) mass is 407 g/mol. The highest BCUT2D eigenvalue weighted by atomic mass is 16.4. The van der Waals surface area contributed by atoms with Gasteiger partial charge in [-0.3, -0.25) is 4.79 Å². The molecule has 5 heteroatoms. The second-order valence-corrected chi connectivity index (χ2v) is 8.58. The van der Waals surface area contributed by atoms with Crippen LogP contribution in [0.3, 0.4) is 0 Å². The zero-order valence-corrected chi connectivity index (χ0v) is 18.6. The third-order valence-corrected chi connectivity index (χ3v) is 4.93. The Kier molecular flexibility index (Phi) is 8.29. The second-order valence-electron chi connectivity index (χ2n) is 8.58. The SMILES string of the molecule is CCC(C(=O)O)c1ccc(N(CC(C)C)CC(C)C)c(Nc2ccc(C#N)cc2)c1. The molecule has 0 aliphatic heterocycles. The Hall–Kier alpha value is -3.00. The first-order valence-electron chi connectivity index (χ1n) is 10.6. The molecule has 160 valence electrons. The molecule has 0 heterocycles. The van der Waals surface area contributed by atoms with Gasteiger partial charge in [-0.05, 0) is 60.2 Å². The lowest BCUT2D eigenvalue weighted by molar-refractivity contribution is -0.138. The van der Waals surface area contributed by atoms with Crippen LogP contribution >= 0.6 is 0 Å². The molecular weight excluding hydrogens is 374 g/mol. The van der Waals surface area contributed by atoms with Crippen LogP contribution in [0.5, 0.6) is 0 Å². The third kappa shape index (κ3) is 6.25. The van der Waals surface area contributed by atoms with Crippen LogP contribution in [0.15, 0.2) is 42.5 Å². The van der Waals surface area contributed by atoms with Gasteiger partial charge in [0.2, 0.25) is 0 Å². The van der Waals surface area contributed by atoms with Gasteiger partial charge in [-0.15, -0.1) is 0 Å². The molecule has 0 bridgehead atoms. The zero-order valence-electron chi connectivity index (χ0n) is 18.6. The molecule has 2 N–H and O–H groups in total.